The Morgan fingerprint density at radius 3 is 2.81 bits per heavy atom. The molecule has 0 radical (unpaired) electrons. The van der Waals surface area contributed by atoms with E-state index in [1.165, 1.54) is 0 Å². The van der Waals surface area contributed by atoms with Crippen LogP contribution in [0.5, 0.6) is 5.75 Å². The minimum Gasteiger partial charge on any atom is -0.492 e. The first-order chi connectivity index (χ1) is 9.91. The van der Waals surface area contributed by atoms with Gasteiger partial charge >= 0.3 is 6.18 Å². The second kappa shape index (κ2) is 7.01. The lowest BCUT2D eigenvalue weighted by Gasteiger charge is -2.34. The van der Waals surface area contributed by atoms with Crippen LogP contribution in [0.15, 0.2) is 22.7 Å². The summed E-state index contributed by atoms with van der Waals surface area (Å²) in [6.07, 6.45) is -3.28. The molecule has 1 aromatic rings. The van der Waals surface area contributed by atoms with E-state index in [1.54, 1.807) is 0 Å². The summed E-state index contributed by atoms with van der Waals surface area (Å²) >= 11 is 3.43. The number of likely N-dealkylation sites (tertiary alicyclic amines) is 1. The number of alkyl halides is 3. The van der Waals surface area contributed by atoms with Crippen molar-refractivity contribution in [2.24, 2.45) is 5.92 Å². The Balaban J connectivity index is 2.09. The van der Waals surface area contributed by atoms with Crippen LogP contribution >= 0.6 is 15.9 Å². The Labute approximate surface area is 131 Å². The minimum absolute atomic E-state index is 0.0710. The maximum absolute atomic E-state index is 12.9. The molecule has 1 heterocycles. The third-order valence-electron chi connectivity index (χ3n) is 3.70. The van der Waals surface area contributed by atoms with Crippen molar-refractivity contribution in [1.82, 2.24) is 4.90 Å². The fourth-order valence-corrected chi connectivity index (χ4v) is 3.21. The van der Waals surface area contributed by atoms with Gasteiger partial charge in [0, 0.05) is 18.7 Å². The molecule has 0 aliphatic carbocycles. The number of piperidine rings is 1. The van der Waals surface area contributed by atoms with Crippen molar-refractivity contribution in [3.05, 3.63) is 28.2 Å². The summed E-state index contributed by atoms with van der Waals surface area (Å²) in [5.74, 6) is -0.483. The Kier molecular flexibility index (Phi) is 5.54. The van der Waals surface area contributed by atoms with Crippen LogP contribution in [-0.4, -0.2) is 30.8 Å². The topological polar surface area (TPSA) is 12.5 Å². The van der Waals surface area contributed by atoms with Gasteiger partial charge in [-0.2, -0.15) is 13.2 Å². The molecule has 1 aliphatic rings. The molecule has 1 saturated heterocycles. The Hall–Kier alpha value is -0.750. The van der Waals surface area contributed by atoms with Crippen LogP contribution in [0, 0.1) is 5.92 Å². The number of hydrogen-bond acceptors (Lipinski definition) is 2. The highest BCUT2D eigenvalue weighted by Crippen LogP contribution is 2.35. The Morgan fingerprint density at radius 2 is 2.14 bits per heavy atom. The largest absolute Gasteiger partial charge is 0.492 e. The van der Waals surface area contributed by atoms with Crippen LogP contribution in [0.1, 0.15) is 25.3 Å². The van der Waals surface area contributed by atoms with E-state index in [0.717, 1.165) is 15.8 Å². The van der Waals surface area contributed by atoms with E-state index in [9.17, 15) is 13.2 Å². The number of para-hydroxylation sites is 1. The lowest BCUT2D eigenvalue weighted by atomic mass is 9.97. The normalized spacial score (nSPS) is 20.5. The van der Waals surface area contributed by atoms with Crippen LogP contribution < -0.4 is 4.74 Å². The molecule has 1 atom stereocenters. The predicted octanol–water partition coefficient (Wildman–Crippen LogP) is 4.62. The molecule has 1 aromatic carbocycles. The molecule has 0 spiro atoms. The van der Waals surface area contributed by atoms with Gasteiger partial charge in [0.2, 0.25) is 0 Å². The molecule has 2 rings (SSSR count). The second-order valence-electron chi connectivity index (χ2n) is 5.28. The molecule has 21 heavy (non-hydrogen) atoms. The fraction of sp³-hybridized carbons (Fsp3) is 0.600. The van der Waals surface area contributed by atoms with E-state index >= 15 is 0 Å². The standard InChI is InChI=1S/C15H19BrF3NO/c1-2-21-14-11(5-3-7-13(14)16)9-20-8-4-6-12(10-20)15(17,18)19/h3,5,7,12H,2,4,6,8-10H2,1H3. The van der Waals surface area contributed by atoms with Crippen molar-refractivity contribution in [3.63, 3.8) is 0 Å². The number of ether oxygens (including phenoxy) is 1. The third-order valence-corrected chi connectivity index (χ3v) is 4.32. The van der Waals surface area contributed by atoms with Gasteiger partial charge in [-0.3, -0.25) is 4.90 Å². The van der Waals surface area contributed by atoms with Crippen molar-refractivity contribution < 1.29 is 17.9 Å². The summed E-state index contributed by atoms with van der Waals surface area (Å²) < 4.78 is 45.0. The summed E-state index contributed by atoms with van der Waals surface area (Å²) in [6, 6.07) is 5.67. The first-order valence-electron chi connectivity index (χ1n) is 7.11. The zero-order valence-corrected chi connectivity index (χ0v) is 13.5. The molecule has 1 aliphatic heterocycles. The van der Waals surface area contributed by atoms with Crippen LogP contribution in [0.3, 0.4) is 0 Å². The Morgan fingerprint density at radius 1 is 1.38 bits per heavy atom. The lowest BCUT2D eigenvalue weighted by Crippen LogP contribution is -2.41. The third kappa shape index (κ3) is 4.36. The molecular weight excluding hydrogens is 347 g/mol. The number of halogens is 4. The van der Waals surface area contributed by atoms with Crippen LogP contribution in [-0.2, 0) is 6.54 Å². The van der Waals surface area contributed by atoms with E-state index in [0.29, 0.717) is 26.1 Å². The molecule has 0 bridgehead atoms. The summed E-state index contributed by atoms with van der Waals surface area (Å²) in [7, 11) is 0. The molecule has 2 nitrogen and oxygen atoms in total. The molecule has 1 unspecified atom stereocenters. The van der Waals surface area contributed by atoms with Crippen LogP contribution in [0.2, 0.25) is 0 Å². The van der Waals surface area contributed by atoms with Crippen LogP contribution in [0.25, 0.3) is 0 Å². The molecule has 118 valence electrons. The smallest absolute Gasteiger partial charge is 0.393 e. The highest BCUT2D eigenvalue weighted by molar-refractivity contribution is 9.10. The molecule has 0 aromatic heterocycles. The number of rotatable bonds is 4. The minimum atomic E-state index is -4.10. The Bertz CT molecular complexity index is 478. The predicted molar refractivity (Wildman–Crippen MR) is 79.4 cm³/mol. The van der Waals surface area contributed by atoms with Gasteiger partial charge in [-0.15, -0.1) is 0 Å². The van der Waals surface area contributed by atoms with Gasteiger partial charge in [-0.1, -0.05) is 12.1 Å². The van der Waals surface area contributed by atoms with E-state index in [1.807, 2.05) is 30.0 Å². The maximum atomic E-state index is 12.9. The van der Waals surface area contributed by atoms with Crippen molar-refractivity contribution in [1.29, 1.82) is 0 Å². The summed E-state index contributed by atoms with van der Waals surface area (Å²) in [4.78, 5) is 1.87. The van der Waals surface area contributed by atoms with Gasteiger partial charge in [0.05, 0.1) is 17.0 Å². The summed E-state index contributed by atoms with van der Waals surface area (Å²) in [5, 5.41) is 0. The first-order valence-corrected chi connectivity index (χ1v) is 7.90. The van der Waals surface area contributed by atoms with Gasteiger partial charge in [0.25, 0.3) is 0 Å². The number of hydrogen-bond donors (Lipinski definition) is 0. The highest BCUT2D eigenvalue weighted by Gasteiger charge is 2.41. The van der Waals surface area contributed by atoms with Crippen LogP contribution in [0.4, 0.5) is 13.2 Å². The van der Waals surface area contributed by atoms with Gasteiger partial charge in [-0.05, 0) is 48.3 Å². The van der Waals surface area contributed by atoms with Gasteiger partial charge in [-0.25, -0.2) is 0 Å². The number of nitrogens with zero attached hydrogens (tertiary/aromatic N) is 1. The van der Waals surface area contributed by atoms with E-state index in [2.05, 4.69) is 15.9 Å². The zero-order valence-electron chi connectivity index (χ0n) is 11.9. The maximum Gasteiger partial charge on any atom is 0.393 e. The van der Waals surface area contributed by atoms with E-state index in [4.69, 9.17) is 4.74 Å². The van der Waals surface area contributed by atoms with Crippen molar-refractivity contribution in [2.75, 3.05) is 19.7 Å². The molecule has 6 heteroatoms. The highest BCUT2D eigenvalue weighted by atomic mass is 79.9. The fourth-order valence-electron chi connectivity index (χ4n) is 2.69. The number of benzene rings is 1. The van der Waals surface area contributed by atoms with Gasteiger partial charge in [0.1, 0.15) is 5.75 Å². The van der Waals surface area contributed by atoms with E-state index < -0.39 is 12.1 Å². The van der Waals surface area contributed by atoms with Gasteiger partial charge in [0.15, 0.2) is 0 Å². The van der Waals surface area contributed by atoms with Gasteiger partial charge < -0.3 is 4.74 Å². The molecular formula is C15H19BrF3NO. The molecule has 1 fully saturated rings. The summed E-state index contributed by atoms with van der Waals surface area (Å²) in [5.41, 5.74) is 0.925. The van der Waals surface area contributed by atoms with E-state index in [-0.39, 0.29) is 13.0 Å². The molecule has 0 N–H and O–H groups in total. The van der Waals surface area contributed by atoms with Crippen molar-refractivity contribution in [3.8, 4) is 5.75 Å². The second-order valence-corrected chi connectivity index (χ2v) is 6.13. The lowest BCUT2D eigenvalue weighted by molar-refractivity contribution is -0.187. The average Bonchev–Trinajstić information content (AvgIpc) is 2.42. The first kappa shape index (κ1) is 16.6. The average molecular weight is 366 g/mol. The molecule has 0 amide bonds. The zero-order chi connectivity index (χ0) is 15.5. The summed E-state index contributed by atoms with van der Waals surface area (Å²) in [6.45, 7) is 3.68. The van der Waals surface area contributed by atoms with Crippen molar-refractivity contribution >= 4 is 15.9 Å². The monoisotopic (exact) mass is 365 g/mol. The molecule has 0 saturated carbocycles. The SMILES string of the molecule is CCOc1c(Br)cccc1CN1CCCC(C(F)(F)F)C1. The quantitative estimate of drug-likeness (QED) is 0.771. The van der Waals surface area contributed by atoms with Crippen molar-refractivity contribution in [2.45, 2.75) is 32.5 Å².